The highest BCUT2D eigenvalue weighted by molar-refractivity contribution is 5.32. The van der Waals surface area contributed by atoms with E-state index in [1.165, 1.54) is 6.07 Å². The Morgan fingerprint density at radius 2 is 2.28 bits per heavy atom. The predicted octanol–water partition coefficient (Wildman–Crippen LogP) is 2.48. The van der Waals surface area contributed by atoms with Gasteiger partial charge in [0.1, 0.15) is 5.82 Å². The van der Waals surface area contributed by atoms with E-state index < -0.39 is 0 Å². The summed E-state index contributed by atoms with van der Waals surface area (Å²) in [7, 11) is 0. The number of nitrogens with zero attached hydrogens (tertiary/aromatic N) is 1. The van der Waals surface area contributed by atoms with E-state index in [0.717, 1.165) is 25.7 Å². The van der Waals surface area contributed by atoms with Crippen molar-refractivity contribution < 1.29 is 9.13 Å². The molecule has 0 aromatic heterocycles. The number of benzene rings is 1. The van der Waals surface area contributed by atoms with Gasteiger partial charge in [0.05, 0.1) is 24.3 Å². The van der Waals surface area contributed by atoms with Gasteiger partial charge in [-0.1, -0.05) is 6.07 Å². The molecule has 0 saturated heterocycles. The minimum absolute atomic E-state index is 0.129. The zero-order chi connectivity index (χ0) is 13.0. The summed E-state index contributed by atoms with van der Waals surface area (Å²) < 4.78 is 19.3. The Kier molecular flexibility index (Phi) is 4.29. The number of rotatable bonds is 3. The first-order valence-electron chi connectivity index (χ1n) is 6.24. The van der Waals surface area contributed by atoms with E-state index in [2.05, 4.69) is 0 Å². The molecule has 2 unspecified atom stereocenters. The molecule has 1 aromatic carbocycles. The molecule has 0 radical (unpaired) electrons. The van der Waals surface area contributed by atoms with Crippen molar-refractivity contribution in [2.24, 2.45) is 5.73 Å². The third-order valence-corrected chi connectivity index (χ3v) is 3.32. The SMILES string of the molecule is N#Cc1ccc(COC2CCCC(N)C2)c(F)c1. The van der Waals surface area contributed by atoms with Crippen LogP contribution in [0.3, 0.4) is 0 Å². The zero-order valence-electron chi connectivity index (χ0n) is 10.2. The summed E-state index contributed by atoms with van der Waals surface area (Å²) in [4.78, 5) is 0. The van der Waals surface area contributed by atoms with Crippen LogP contribution in [0.2, 0.25) is 0 Å². The maximum Gasteiger partial charge on any atom is 0.130 e. The van der Waals surface area contributed by atoms with E-state index >= 15 is 0 Å². The molecule has 3 nitrogen and oxygen atoms in total. The summed E-state index contributed by atoms with van der Waals surface area (Å²) in [6, 6.07) is 6.57. The van der Waals surface area contributed by atoms with Crippen molar-refractivity contribution in [2.45, 2.75) is 44.4 Å². The van der Waals surface area contributed by atoms with Crippen molar-refractivity contribution in [2.75, 3.05) is 0 Å². The van der Waals surface area contributed by atoms with Crippen LogP contribution in [0, 0.1) is 17.1 Å². The van der Waals surface area contributed by atoms with Gasteiger partial charge in [-0.05, 0) is 37.8 Å². The number of halogens is 1. The lowest BCUT2D eigenvalue weighted by atomic mass is 9.93. The van der Waals surface area contributed by atoms with E-state index in [9.17, 15) is 4.39 Å². The Balaban J connectivity index is 1.92. The maximum absolute atomic E-state index is 13.6. The third-order valence-electron chi connectivity index (χ3n) is 3.32. The molecule has 0 spiro atoms. The lowest BCUT2D eigenvalue weighted by Crippen LogP contribution is -2.32. The standard InChI is InChI=1S/C14H17FN2O/c15-14-6-10(8-16)4-5-11(14)9-18-13-3-1-2-12(17)7-13/h4-6,12-13H,1-3,7,9,17H2. The smallest absolute Gasteiger partial charge is 0.130 e. The number of nitriles is 1. The fourth-order valence-electron chi connectivity index (χ4n) is 2.27. The van der Waals surface area contributed by atoms with Crippen LogP contribution in [0.4, 0.5) is 4.39 Å². The van der Waals surface area contributed by atoms with E-state index in [4.69, 9.17) is 15.7 Å². The molecule has 0 amide bonds. The molecule has 2 atom stereocenters. The van der Waals surface area contributed by atoms with Crippen molar-refractivity contribution in [3.05, 3.63) is 35.1 Å². The van der Waals surface area contributed by atoms with Gasteiger partial charge in [0.25, 0.3) is 0 Å². The van der Waals surface area contributed by atoms with Gasteiger partial charge in [-0.3, -0.25) is 0 Å². The normalized spacial score (nSPS) is 23.6. The molecular formula is C14H17FN2O. The van der Waals surface area contributed by atoms with Crippen LogP contribution in [-0.2, 0) is 11.3 Å². The predicted molar refractivity (Wildman–Crippen MR) is 66.1 cm³/mol. The molecule has 96 valence electrons. The topological polar surface area (TPSA) is 59.0 Å². The molecule has 1 saturated carbocycles. The van der Waals surface area contributed by atoms with Gasteiger partial charge >= 0.3 is 0 Å². The molecule has 2 N–H and O–H groups in total. The highest BCUT2D eigenvalue weighted by atomic mass is 19.1. The van der Waals surface area contributed by atoms with Crippen molar-refractivity contribution in [1.82, 2.24) is 0 Å². The summed E-state index contributed by atoms with van der Waals surface area (Å²) in [6.45, 7) is 0.245. The minimum atomic E-state index is -0.380. The van der Waals surface area contributed by atoms with Crippen LogP contribution in [-0.4, -0.2) is 12.1 Å². The fourth-order valence-corrected chi connectivity index (χ4v) is 2.27. The minimum Gasteiger partial charge on any atom is -0.373 e. The molecular weight excluding hydrogens is 231 g/mol. The maximum atomic E-state index is 13.6. The van der Waals surface area contributed by atoms with Gasteiger partial charge in [-0.2, -0.15) is 5.26 Å². The summed E-state index contributed by atoms with van der Waals surface area (Å²) in [5.41, 5.74) is 6.69. The Labute approximate surface area is 106 Å². The third kappa shape index (κ3) is 3.28. The van der Waals surface area contributed by atoms with Crippen LogP contribution >= 0.6 is 0 Å². The number of ether oxygens (including phenoxy) is 1. The number of nitrogens with two attached hydrogens (primary N) is 1. The Morgan fingerprint density at radius 3 is 2.94 bits per heavy atom. The summed E-state index contributed by atoms with van der Waals surface area (Å²) in [5.74, 6) is -0.380. The largest absolute Gasteiger partial charge is 0.373 e. The average Bonchev–Trinajstić information content (AvgIpc) is 2.37. The lowest BCUT2D eigenvalue weighted by Gasteiger charge is -2.26. The highest BCUT2D eigenvalue weighted by Gasteiger charge is 2.20. The van der Waals surface area contributed by atoms with Crippen LogP contribution in [0.1, 0.15) is 36.8 Å². The average molecular weight is 248 g/mol. The van der Waals surface area contributed by atoms with E-state index in [1.807, 2.05) is 6.07 Å². The quantitative estimate of drug-likeness (QED) is 0.894. The van der Waals surface area contributed by atoms with Gasteiger partial charge in [-0.15, -0.1) is 0 Å². The van der Waals surface area contributed by atoms with E-state index in [0.29, 0.717) is 11.1 Å². The number of hydrogen-bond acceptors (Lipinski definition) is 3. The molecule has 1 aliphatic carbocycles. The van der Waals surface area contributed by atoms with Crippen LogP contribution in [0.5, 0.6) is 0 Å². The molecule has 18 heavy (non-hydrogen) atoms. The summed E-state index contributed by atoms with van der Waals surface area (Å²) >= 11 is 0. The van der Waals surface area contributed by atoms with Crippen LogP contribution < -0.4 is 5.73 Å². The number of hydrogen-bond donors (Lipinski definition) is 1. The van der Waals surface area contributed by atoms with Crippen molar-refractivity contribution in [3.63, 3.8) is 0 Å². The first-order valence-corrected chi connectivity index (χ1v) is 6.24. The lowest BCUT2D eigenvalue weighted by molar-refractivity contribution is 0.0110. The Hall–Kier alpha value is -1.44. The molecule has 1 aromatic rings. The van der Waals surface area contributed by atoms with Gasteiger partial charge in [-0.25, -0.2) is 4.39 Å². The zero-order valence-corrected chi connectivity index (χ0v) is 10.2. The van der Waals surface area contributed by atoms with Gasteiger partial charge in [0.15, 0.2) is 0 Å². The second kappa shape index (κ2) is 5.94. The second-order valence-corrected chi connectivity index (χ2v) is 4.78. The molecule has 1 fully saturated rings. The Morgan fingerprint density at radius 1 is 1.44 bits per heavy atom. The van der Waals surface area contributed by atoms with Crippen LogP contribution in [0.15, 0.2) is 18.2 Å². The first kappa shape index (κ1) is 13.0. The first-order chi connectivity index (χ1) is 8.69. The fraction of sp³-hybridized carbons (Fsp3) is 0.500. The van der Waals surface area contributed by atoms with Crippen LogP contribution in [0.25, 0.3) is 0 Å². The molecule has 4 heteroatoms. The second-order valence-electron chi connectivity index (χ2n) is 4.78. The Bertz CT molecular complexity index is 456. The highest BCUT2D eigenvalue weighted by Crippen LogP contribution is 2.21. The molecule has 0 heterocycles. The van der Waals surface area contributed by atoms with Crippen molar-refractivity contribution in [1.29, 1.82) is 5.26 Å². The molecule has 0 aliphatic heterocycles. The molecule has 1 aliphatic rings. The van der Waals surface area contributed by atoms with Crippen molar-refractivity contribution >= 4 is 0 Å². The van der Waals surface area contributed by atoms with Gasteiger partial charge in [0.2, 0.25) is 0 Å². The van der Waals surface area contributed by atoms with Gasteiger partial charge in [0, 0.05) is 11.6 Å². The molecule has 0 bridgehead atoms. The van der Waals surface area contributed by atoms with E-state index in [1.54, 1.807) is 12.1 Å². The van der Waals surface area contributed by atoms with Gasteiger partial charge < -0.3 is 10.5 Å². The van der Waals surface area contributed by atoms with E-state index in [-0.39, 0.29) is 24.6 Å². The van der Waals surface area contributed by atoms with Crippen molar-refractivity contribution in [3.8, 4) is 6.07 Å². The monoisotopic (exact) mass is 248 g/mol. The summed E-state index contributed by atoms with van der Waals surface area (Å²) in [5, 5.41) is 8.65. The summed E-state index contributed by atoms with van der Waals surface area (Å²) in [6.07, 6.45) is 4.08. The molecule has 2 rings (SSSR count).